The van der Waals surface area contributed by atoms with Crippen molar-refractivity contribution in [3.05, 3.63) is 99.9 Å². The van der Waals surface area contributed by atoms with Crippen LogP contribution in [0.5, 0.6) is 0 Å². The van der Waals surface area contributed by atoms with Crippen molar-refractivity contribution in [3.63, 3.8) is 0 Å². The first-order chi connectivity index (χ1) is 13.3. The van der Waals surface area contributed by atoms with Crippen molar-refractivity contribution >= 4 is 21.4 Å². The summed E-state index contributed by atoms with van der Waals surface area (Å²) >= 11 is 0. The number of anilines is 1. The summed E-state index contributed by atoms with van der Waals surface area (Å²) in [5.41, 5.74) is 1.83. The van der Waals surface area contributed by atoms with E-state index >= 15 is 0 Å². The summed E-state index contributed by atoms with van der Waals surface area (Å²) in [4.78, 5) is 10.1. The van der Waals surface area contributed by atoms with Crippen molar-refractivity contribution in [1.82, 2.24) is 0 Å². The summed E-state index contributed by atoms with van der Waals surface area (Å²) < 4.78 is 41.0. The van der Waals surface area contributed by atoms with E-state index < -0.39 is 20.8 Å². The first kappa shape index (κ1) is 19.5. The molecular weight excluding hydrogens is 383 g/mol. The Hall–Kier alpha value is -3.26. The summed E-state index contributed by atoms with van der Waals surface area (Å²) in [5, 5.41) is 10.8. The molecule has 0 unspecified atom stereocenters. The Morgan fingerprint density at radius 1 is 1.00 bits per heavy atom. The first-order valence-electron chi connectivity index (χ1n) is 8.36. The van der Waals surface area contributed by atoms with Crippen molar-refractivity contribution in [1.29, 1.82) is 0 Å². The van der Waals surface area contributed by atoms with Crippen molar-refractivity contribution in [3.8, 4) is 0 Å². The second kappa shape index (κ2) is 7.77. The minimum Gasteiger partial charge on any atom is -0.262 e. The number of non-ortho nitro benzene ring substituents is 1. The summed E-state index contributed by atoms with van der Waals surface area (Å²) in [7, 11) is -4.03. The van der Waals surface area contributed by atoms with E-state index in [1.807, 2.05) is 25.1 Å². The average Bonchev–Trinajstić information content (AvgIpc) is 2.67. The molecule has 0 bridgehead atoms. The fourth-order valence-electron chi connectivity index (χ4n) is 2.77. The number of hydrogen-bond donors (Lipinski definition) is 0. The lowest BCUT2D eigenvalue weighted by molar-refractivity contribution is -0.384. The topological polar surface area (TPSA) is 80.5 Å². The SMILES string of the molecule is Cc1cccc(CN(c2ccc(F)cc2)S(=O)(=O)c2ccc([N+](=O)[O-])cc2)c1. The van der Waals surface area contributed by atoms with E-state index in [9.17, 15) is 22.9 Å². The van der Waals surface area contributed by atoms with Crippen LogP contribution >= 0.6 is 0 Å². The van der Waals surface area contributed by atoms with Crippen LogP contribution in [0.1, 0.15) is 11.1 Å². The molecule has 0 amide bonds. The average molecular weight is 400 g/mol. The molecule has 0 atom stereocenters. The van der Waals surface area contributed by atoms with Gasteiger partial charge in [0.05, 0.1) is 22.1 Å². The number of nitrogens with zero attached hydrogens (tertiary/aromatic N) is 2. The molecule has 3 aromatic carbocycles. The van der Waals surface area contributed by atoms with E-state index in [1.165, 1.54) is 36.4 Å². The number of aryl methyl sites for hydroxylation is 1. The third-order valence-electron chi connectivity index (χ3n) is 4.16. The van der Waals surface area contributed by atoms with Crippen molar-refractivity contribution in [2.45, 2.75) is 18.4 Å². The van der Waals surface area contributed by atoms with Crippen LogP contribution in [0.4, 0.5) is 15.8 Å². The van der Waals surface area contributed by atoms with Gasteiger partial charge < -0.3 is 0 Å². The van der Waals surface area contributed by atoms with Gasteiger partial charge in [-0.25, -0.2) is 12.8 Å². The summed E-state index contributed by atoms with van der Waals surface area (Å²) in [6.45, 7) is 1.93. The van der Waals surface area contributed by atoms with E-state index in [-0.39, 0.29) is 17.1 Å². The Bertz CT molecular complexity index is 1100. The quantitative estimate of drug-likeness (QED) is 0.453. The van der Waals surface area contributed by atoms with Crippen molar-refractivity contribution in [2.75, 3.05) is 4.31 Å². The zero-order valence-corrected chi connectivity index (χ0v) is 15.8. The number of rotatable bonds is 6. The van der Waals surface area contributed by atoms with Crippen LogP contribution in [0, 0.1) is 22.9 Å². The summed E-state index contributed by atoms with van der Waals surface area (Å²) in [6, 6.07) is 17.2. The van der Waals surface area contributed by atoms with Gasteiger partial charge in [-0.3, -0.25) is 14.4 Å². The zero-order valence-electron chi connectivity index (χ0n) is 14.9. The second-order valence-electron chi connectivity index (χ2n) is 6.23. The van der Waals surface area contributed by atoms with Crippen LogP contribution in [-0.2, 0) is 16.6 Å². The highest BCUT2D eigenvalue weighted by atomic mass is 32.2. The highest BCUT2D eigenvalue weighted by Crippen LogP contribution is 2.27. The smallest absolute Gasteiger partial charge is 0.262 e. The maximum atomic E-state index is 13.3. The summed E-state index contributed by atoms with van der Waals surface area (Å²) in [6.07, 6.45) is 0. The van der Waals surface area contributed by atoms with Gasteiger partial charge in [-0.2, -0.15) is 0 Å². The third kappa shape index (κ3) is 4.17. The molecule has 0 aliphatic rings. The normalized spacial score (nSPS) is 11.2. The molecule has 6 nitrogen and oxygen atoms in total. The zero-order chi connectivity index (χ0) is 20.3. The summed E-state index contributed by atoms with van der Waals surface area (Å²) in [5.74, 6) is -0.480. The van der Waals surface area contributed by atoms with E-state index in [2.05, 4.69) is 0 Å². The molecule has 0 aliphatic heterocycles. The molecule has 8 heteroatoms. The van der Waals surface area contributed by atoms with Gasteiger partial charge in [-0.1, -0.05) is 29.8 Å². The van der Waals surface area contributed by atoms with Crippen LogP contribution in [-0.4, -0.2) is 13.3 Å². The fourth-order valence-corrected chi connectivity index (χ4v) is 4.22. The largest absolute Gasteiger partial charge is 0.269 e. The van der Waals surface area contributed by atoms with Gasteiger partial charge in [-0.05, 0) is 48.9 Å². The number of sulfonamides is 1. The molecule has 144 valence electrons. The molecule has 0 heterocycles. The molecule has 0 spiro atoms. The Labute approximate surface area is 162 Å². The molecule has 0 radical (unpaired) electrons. The fraction of sp³-hybridized carbons (Fsp3) is 0.100. The minimum absolute atomic E-state index is 0.0344. The van der Waals surface area contributed by atoms with Crippen LogP contribution < -0.4 is 4.31 Å². The number of halogens is 1. The highest BCUT2D eigenvalue weighted by Gasteiger charge is 2.26. The molecule has 3 aromatic rings. The predicted octanol–water partition coefficient (Wildman–Crippen LogP) is 4.44. The molecule has 0 aliphatic carbocycles. The van der Waals surface area contributed by atoms with Crippen LogP contribution in [0.25, 0.3) is 0 Å². The van der Waals surface area contributed by atoms with Crippen molar-refractivity contribution in [2.24, 2.45) is 0 Å². The van der Waals surface area contributed by atoms with E-state index in [4.69, 9.17) is 0 Å². The van der Waals surface area contributed by atoms with Crippen molar-refractivity contribution < 1.29 is 17.7 Å². The minimum atomic E-state index is -4.03. The lowest BCUT2D eigenvalue weighted by Crippen LogP contribution is -2.30. The lowest BCUT2D eigenvalue weighted by atomic mass is 10.1. The Morgan fingerprint density at radius 2 is 1.64 bits per heavy atom. The molecule has 0 saturated carbocycles. The standard InChI is InChI=1S/C20H17FN2O4S/c1-15-3-2-4-16(13-15)14-22(18-7-5-17(21)6-8-18)28(26,27)20-11-9-19(10-12-20)23(24)25/h2-13H,14H2,1H3. The maximum Gasteiger partial charge on any atom is 0.269 e. The van der Waals surface area contributed by atoms with Gasteiger partial charge in [0.25, 0.3) is 15.7 Å². The van der Waals surface area contributed by atoms with E-state index in [1.54, 1.807) is 6.07 Å². The molecule has 3 rings (SSSR count). The molecule has 28 heavy (non-hydrogen) atoms. The Kier molecular flexibility index (Phi) is 5.41. The molecule has 0 N–H and O–H groups in total. The number of nitro benzene ring substituents is 1. The Balaban J connectivity index is 2.06. The third-order valence-corrected chi connectivity index (χ3v) is 5.95. The van der Waals surface area contributed by atoms with Gasteiger partial charge in [0.1, 0.15) is 5.82 Å². The van der Waals surface area contributed by atoms with Crippen LogP contribution in [0.2, 0.25) is 0 Å². The van der Waals surface area contributed by atoms with Gasteiger partial charge >= 0.3 is 0 Å². The number of benzene rings is 3. The van der Waals surface area contributed by atoms with Gasteiger partial charge in [0, 0.05) is 12.1 Å². The second-order valence-corrected chi connectivity index (χ2v) is 8.09. The molecule has 0 aromatic heterocycles. The monoisotopic (exact) mass is 400 g/mol. The highest BCUT2D eigenvalue weighted by molar-refractivity contribution is 7.92. The van der Waals surface area contributed by atoms with Gasteiger partial charge in [-0.15, -0.1) is 0 Å². The van der Waals surface area contributed by atoms with Crippen LogP contribution in [0.15, 0.2) is 77.7 Å². The van der Waals surface area contributed by atoms with E-state index in [0.29, 0.717) is 5.69 Å². The maximum absolute atomic E-state index is 13.3. The number of hydrogen-bond acceptors (Lipinski definition) is 4. The van der Waals surface area contributed by atoms with Gasteiger partial charge in [0.2, 0.25) is 0 Å². The molecular formula is C20H17FN2O4S. The predicted molar refractivity (Wildman–Crippen MR) is 104 cm³/mol. The molecule has 0 fully saturated rings. The molecule has 0 saturated heterocycles. The number of nitro groups is 1. The van der Waals surface area contributed by atoms with E-state index in [0.717, 1.165) is 27.6 Å². The lowest BCUT2D eigenvalue weighted by Gasteiger charge is -2.25. The van der Waals surface area contributed by atoms with Crippen LogP contribution in [0.3, 0.4) is 0 Å². The first-order valence-corrected chi connectivity index (χ1v) is 9.80. The Morgan fingerprint density at radius 3 is 2.21 bits per heavy atom. The van der Waals surface area contributed by atoms with Gasteiger partial charge in [0.15, 0.2) is 0 Å².